The van der Waals surface area contributed by atoms with Crippen molar-refractivity contribution >= 4 is 41.4 Å². The molecule has 3 aliphatic rings. The maximum absolute atomic E-state index is 12.9. The highest BCUT2D eigenvalue weighted by Gasteiger charge is 2.30. The molecule has 2 unspecified atom stereocenters. The van der Waals surface area contributed by atoms with Crippen LogP contribution in [0.25, 0.3) is 15.5 Å². The number of thiazole rings is 1. The standard InChI is InChI=1S/C21H22N3OPS/c1-13-23-17-4-2-15(10-19(17)27-13)18-11-20(25)24-12-16(3-5-21(24)26-18)14-6-8-22-9-7-14/h2-5,10-12,14,21-22,26H,6-9H2,1H3. The van der Waals surface area contributed by atoms with E-state index in [2.05, 4.69) is 46.9 Å². The minimum atomic E-state index is 0.102. The van der Waals surface area contributed by atoms with Crippen molar-refractivity contribution in [1.29, 1.82) is 0 Å². The second-order valence-electron chi connectivity index (χ2n) is 7.32. The van der Waals surface area contributed by atoms with Gasteiger partial charge in [-0.3, -0.25) is 4.79 Å². The average Bonchev–Trinajstić information content (AvgIpc) is 3.07. The van der Waals surface area contributed by atoms with E-state index >= 15 is 0 Å². The molecule has 1 aromatic carbocycles. The largest absolute Gasteiger partial charge is 0.317 e. The molecule has 0 aliphatic carbocycles. The molecular formula is C21H22N3OPS. The Morgan fingerprint density at radius 3 is 3.00 bits per heavy atom. The summed E-state index contributed by atoms with van der Waals surface area (Å²) in [7, 11) is 0.569. The predicted molar refractivity (Wildman–Crippen MR) is 114 cm³/mol. The number of nitrogens with one attached hydrogen (secondary N) is 1. The van der Waals surface area contributed by atoms with E-state index in [4.69, 9.17) is 0 Å². The summed E-state index contributed by atoms with van der Waals surface area (Å²) in [6, 6.07) is 6.36. The van der Waals surface area contributed by atoms with Crippen LogP contribution in [-0.4, -0.2) is 34.7 Å². The Morgan fingerprint density at radius 2 is 2.15 bits per heavy atom. The molecule has 1 fully saturated rings. The minimum absolute atomic E-state index is 0.102. The van der Waals surface area contributed by atoms with Crippen molar-refractivity contribution in [3.05, 3.63) is 58.8 Å². The van der Waals surface area contributed by atoms with Crippen molar-refractivity contribution in [2.24, 2.45) is 5.92 Å². The molecule has 0 saturated carbocycles. The Bertz CT molecular complexity index is 1000. The van der Waals surface area contributed by atoms with Crippen LogP contribution in [0.1, 0.15) is 23.4 Å². The highest BCUT2D eigenvalue weighted by molar-refractivity contribution is 7.51. The van der Waals surface area contributed by atoms with Crippen LogP contribution in [0.4, 0.5) is 0 Å². The maximum Gasteiger partial charge on any atom is 0.252 e. The molecule has 0 radical (unpaired) electrons. The Labute approximate surface area is 164 Å². The zero-order chi connectivity index (χ0) is 18.4. The number of allylic oxidation sites excluding steroid dienone is 2. The summed E-state index contributed by atoms with van der Waals surface area (Å²) in [6.45, 7) is 4.17. The molecule has 4 heterocycles. The minimum Gasteiger partial charge on any atom is -0.317 e. The van der Waals surface area contributed by atoms with E-state index < -0.39 is 0 Å². The van der Waals surface area contributed by atoms with Crippen LogP contribution in [0.15, 0.2) is 48.2 Å². The summed E-state index contributed by atoms with van der Waals surface area (Å²) in [5.41, 5.74) is 3.50. The smallest absolute Gasteiger partial charge is 0.252 e. The lowest BCUT2D eigenvalue weighted by atomic mass is 9.89. The monoisotopic (exact) mass is 395 g/mol. The van der Waals surface area contributed by atoms with Gasteiger partial charge in [-0.05, 0) is 67.4 Å². The number of nitrogens with zero attached hydrogens (tertiary/aromatic N) is 2. The first-order chi connectivity index (χ1) is 13.2. The number of amides is 1. The predicted octanol–water partition coefficient (Wildman–Crippen LogP) is 4.25. The van der Waals surface area contributed by atoms with Crippen LogP contribution in [0, 0.1) is 12.8 Å². The number of fused-ring (bicyclic) bond motifs is 2. The molecule has 138 valence electrons. The van der Waals surface area contributed by atoms with Gasteiger partial charge in [-0.15, -0.1) is 11.3 Å². The quantitative estimate of drug-likeness (QED) is 0.774. The molecule has 1 aromatic heterocycles. The van der Waals surface area contributed by atoms with Crippen LogP contribution in [-0.2, 0) is 4.79 Å². The number of piperidine rings is 1. The Morgan fingerprint density at radius 1 is 1.30 bits per heavy atom. The lowest BCUT2D eigenvalue weighted by molar-refractivity contribution is -0.123. The average molecular weight is 395 g/mol. The third kappa shape index (κ3) is 3.29. The van der Waals surface area contributed by atoms with Gasteiger partial charge in [-0.1, -0.05) is 26.8 Å². The zero-order valence-corrected chi connectivity index (χ0v) is 17.1. The normalized spacial score (nSPS) is 24.3. The van der Waals surface area contributed by atoms with Gasteiger partial charge < -0.3 is 10.2 Å². The molecule has 4 nitrogen and oxygen atoms in total. The number of hydrogen-bond donors (Lipinski definition) is 1. The number of hydrogen-bond acceptors (Lipinski definition) is 4. The van der Waals surface area contributed by atoms with Crippen molar-refractivity contribution in [3.63, 3.8) is 0 Å². The first-order valence-electron chi connectivity index (χ1n) is 9.46. The third-order valence-corrected chi connectivity index (χ3v) is 7.95. The van der Waals surface area contributed by atoms with Gasteiger partial charge in [-0.25, -0.2) is 4.98 Å². The molecule has 6 heteroatoms. The number of rotatable bonds is 2. The Hall–Kier alpha value is -1.81. The number of benzene rings is 1. The van der Waals surface area contributed by atoms with E-state index in [-0.39, 0.29) is 11.7 Å². The lowest BCUT2D eigenvalue weighted by Crippen LogP contribution is -2.37. The van der Waals surface area contributed by atoms with Gasteiger partial charge in [0.25, 0.3) is 5.91 Å². The fourth-order valence-corrected chi connectivity index (χ4v) is 6.31. The first kappa shape index (κ1) is 17.3. The molecule has 0 spiro atoms. The molecule has 1 amide bonds. The Kier molecular flexibility index (Phi) is 4.47. The fraction of sp³-hybridized carbons (Fsp3) is 0.333. The molecule has 0 bridgehead atoms. The van der Waals surface area contributed by atoms with Gasteiger partial charge in [-0.2, -0.15) is 0 Å². The second-order valence-corrected chi connectivity index (χ2v) is 9.97. The molecule has 27 heavy (non-hydrogen) atoms. The molecule has 2 atom stereocenters. The van der Waals surface area contributed by atoms with E-state index in [1.54, 1.807) is 11.3 Å². The van der Waals surface area contributed by atoms with Crippen molar-refractivity contribution in [2.75, 3.05) is 13.1 Å². The van der Waals surface area contributed by atoms with Crippen LogP contribution < -0.4 is 5.32 Å². The van der Waals surface area contributed by atoms with Crippen molar-refractivity contribution < 1.29 is 4.79 Å². The topological polar surface area (TPSA) is 45.2 Å². The Balaban J connectivity index is 1.42. The third-order valence-electron chi connectivity index (χ3n) is 5.50. The second kappa shape index (κ2) is 6.97. The van der Waals surface area contributed by atoms with Crippen LogP contribution in [0.3, 0.4) is 0 Å². The number of carbonyl (C=O) groups excluding carboxylic acids is 1. The summed E-state index contributed by atoms with van der Waals surface area (Å²) < 4.78 is 1.19. The molecule has 1 N–H and O–H groups in total. The number of carbonyl (C=O) groups is 1. The zero-order valence-electron chi connectivity index (χ0n) is 15.2. The van der Waals surface area contributed by atoms with Crippen LogP contribution in [0.5, 0.6) is 0 Å². The number of aromatic nitrogens is 1. The van der Waals surface area contributed by atoms with E-state index in [9.17, 15) is 4.79 Å². The molecule has 5 rings (SSSR count). The highest BCUT2D eigenvalue weighted by Crippen LogP contribution is 2.45. The van der Waals surface area contributed by atoms with Crippen molar-refractivity contribution in [1.82, 2.24) is 15.2 Å². The fourth-order valence-electron chi connectivity index (χ4n) is 4.07. The summed E-state index contributed by atoms with van der Waals surface area (Å²) in [6.07, 6.45) is 10.7. The van der Waals surface area contributed by atoms with Gasteiger partial charge in [0.2, 0.25) is 0 Å². The lowest BCUT2D eigenvalue weighted by Gasteiger charge is -2.36. The van der Waals surface area contributed by atoms with Crippen LogP contribution in [0.2, 0.25) is 0 Å². The van der Waals surface area contributed by atoms with E-state index in [1.807, 2.05) is 17.9 Å². The van der Waals surface area contributed by atoms with E-state index in [0.717, 1.165) is 47.3 Å². The summed E-state index contributed by atoms with van der Waals surface area (Å²) in [4.78, 5) is 19.3. The molecule has 1 saturated heterocycles. The summed E-state index contributed by atoms with van der Waals surface area (Å²) in [5.74, 6) is 0.828. The SMILES string of the molecule is Cc1nc2ccc(C3=CC(=O)N4C=C(C5CCNCC5)C=CC4P3)cc2s1. The van der Waals surface area contributed by atoms with Crippen molar-refractivity contribution in [2.45, 2.75) is 25.5 Å². The summed E-state index contributed by atoms with van der Waals surface area (Å²) in [5, 5.41) is 5.64. The van der Waals surface area contributed by atoms with Gasteiger partial charge in [0.05, 0.1) is 21.0 Å². The number of aryl methyl sites for hydroxylation is 1. The van der Waals surface area contributed by atoms with Gasteiger partial charge in [0, 0.05) is 12.3 Å². The van der Waals surface area contributed by atoms with E-state index in [0.29, 0.717) is 14.5 Å². The molecular weight excluding hydrogens is 373 g/mol. The van der Waals surface area contributed by atoms with E-state index in [1.165, 1.54) is 10.3 Å². The van der Waals surface area contributed by atoms with Gasteiger partial charge >= 0.3 is 0 Å². The van der Waals surface area contributed by atoms with Gasteiger partial charge in [0.1, 0.15) is 0 Å². The highest BCUT2D eigenvalue weighted by atomic mass is 32.1. The maximum atomic E-state index is 12.9. The summed E-state index contributed by atoms with van der Waals surface area (Å²) >= 11 is 1.71. The van der Waals surface area contributed by atoms with Crippen LogP contribution >= 0.6 is 19.9 Å². The molecule has 3 aliphatic heterocycles. The first-order valence-corrected chi connectivity index (χ1v) is 11.4. The molecule has 2 aromatic rings. The van der Waals surface area contributed by atoms with Crippen molar-refractivity contribution in [3.8, 4) is 0 Å². The van der Waals surface area contributed by atoms with Gasteiger partial charge in [0.15, 0.2) is 0 Å².